The lowest BCUT2D eigenvalue weighted by Gasteiger charge is -2.06. The van der Waals surface area contributed by atoms with Gasteiger partial charge >= 0.3 is 5.97 Å². The number of aromatic nitrogens is 4. The number of ether oxygens (including phenoxy) is 1. The maximum absolute atomic E-state index is 11.4. The molecule has 1 aromatic carbocycles. The number of rotatable bonds is 4. The van der Waals surface area contributed by atoms with E-state index in [0.29, 0.717) is 15.7 Å². The van der Waals surface area contributed by atoms with Gasteiger partial charge in [0.15, 0.2) is 0 Å². The van der Waals surface area contributed by atoms with Crippen LogP contribution in [0.1, 0.15) is 16.2 Å². The highest BCUT2D eigenvalue weighted by Gasteiger charge is 2.09. The largest absolute Gasteiger partial charge is 0.465 e. The lowest BCUT2D eigenvalue weighted by Crippen LogP contribution is -2.01. The molecule has 0 aliphatic carbocycles. The Morgan fingerprint density at radius 3 is 2.95 bits per heavy atom. The van der Waals surface area contributed by atoms with E-state index in [0.717, 1.165) is 0 Å². The molecule has 0 aliphatic heterocycles. The highest BCUT2D eigenvalue weighted by Crippen LogP contribution is 2.24. The minimum absolute atomic E-state index is 0.187. The van der Waals surface area contributed by atoms with Crippen molar-refractivity contribution in [1.29, 1.82) is 5.26 Å². The summed E-state index contributed by atoms with van der Waals surface area (Å²) in [6.07, 6.45) is 1.45. The van der Waals surface area contributed by atoms with Crippen molar-refractivity contribution in [2.45, 2.75) is 0 Å². The van der Waals surface area contributed by atoms with Crippen LogP contribution in [0.2, 0.25) is 0 Å². The van der Waals surface area contributed by atoms with E-state index in [1.165, 1.54) is 13.3 Å². The number of carbonyl (C=O) groups is 1. The molecule has 0 spiro atoms. The van der Waals surface area contributed by atoms with Gasteiger partial charge in [-0.15, -0.1) is 10.2 Å². The normalized spacial score (nSPS) is 10.8. The van der Waals surface area contributed by atoms with Gasteiger partial charge < -0.3 is 10.1 Å². The minimum Gasteiger partial charge on any atom is -0.465 e. The van der Waals surface area contributed by atoms with Crippen molar-refractivity contribution in [1.82, 2.24) is 20.6 Å². The zero-order valence-electron chi connectivity index (χ0n) is 10.8. The molecule has 2 rings (SSSR count). The molecule has 8 nitrogen and oxygen atoms in total. The summed E-state index contributed by atoms with van der Waals surface area (Å²) in [5.74, 6) is -0.241. The molecule has 0 radical (unpaired) electrons. The van der Waals surface area contributed by atoms with Gasteiger partial charge in [-0.1, -0.05) is 0 Å². The fourth-order valence-electron chi connectivity index (χ4n) is 1.45. The summed E-state index contributed by atoms with van der Waals surface area (Å²) in [5, 5.41) is 25.1. The van der Waals surface area contributed by atoms with Crippen molar-refractivity contribution in [3.63, 3.8) is 0 Å². The molecule has 0 saturated carbocycles. The third-order valence-electron chi connectivity index (χ3n) is 2.47. The first-order valence-electron chi connectivity index (χ1n) is 5.64. The van der Waals surface area contributed by atoms with E-state index >= 15 is 0 Å². The van der Waals surface area contributed by atoms with E-state index in [2.05, 4.69) is 46.6 Å². The Morgan fingerprint density at radius 1 is 1.57 bits per heavy atom. The maximum atomic E-state index is 11.4. The molecular formula is C12H9BrN6O2. The monoisotopic (exact) mass is 348 g/mol. The molecule has 0 atom stereocenters. The highest BCUT2D eigenvalue weighted by molar-refractivity contribution is 9.10. The average Bonchev–Trinajstić information content (AvgIpc) is 3.02. The summed E-state index contributed by atoms with van der Waals surface area (Å²) >= 11 is 3.33. The van der Waals surface area contributed by atoms with Crippen molar-refractivity contribution in [2.24, 2.45) is 0 Å². The Morgan fingerprint density at radius 2 is 2.38 bits per heavy atom. The number of anilines is 1. The maximum Gasteiger partial charge on any atom is 0.337 e. The molecule has 1 aromatic heterocycles. The molecule has 0 unspecified atom stereocenters. The number of H-pyrrole nitrogens is 1. The van der Waals surface area contributed by atoms with Crippen molar-refractivity contribution >= 4 is 33.2 Å². The van der Waals surface area contributed by atoms with Gasteiger partial charge in [-0.25, -0.2) is 4.79 Å². The van der Waals surface area contributed by atoms with Gasteiger partial charge in [0.05, 0.1) is 18.4 Å². The van der Waals surface area contributed by atoms with Crippen LogP contribution in [0, 0.1) is 11.3 Å². The summed E-state index contributed by atoms with van der Waals surface area (Å²) in [4.78, 5) is 11.4. The van der Waals surface area contributed by atoms with Gasteiger partial charge in [-0.05, 0) is 39.3 Å². The number of hydrogen-bond acceptors (Lipinski definition) is 7. The molecule has 0 fully saturated rings. The van der Waals surface area contributed by atoms with E-state index in [-0.39, 0.29) is 11.4 Å². The molecule has 106 valence electrons. The Bertz CT molecular complexity index is 720. The summed E-state index contributed by atoms with van der Waals surface area (Å²) in [7, 11) is 1.31. The third kappa shape index (κ3) is 3.43. The molecule has 9 heteroatoms. The second-order valence-electron chi connectivity index (χ2n) is 3.74. The van der Waals surface area contributed by atoms with Gasteiger partial charge in [0.25, 0.3) is 0 Å². The van der Waals surface area contributed by atoms with Crippen LogP contribution < -0.4 is 5.32 Å². The van der Waals surface area contributed by atoms with Gasteiger partial charge in [0.2, 0.25) is 5.82 Å². The van der Waals surface area contributed by atoms with Gasteiger partial charge in [0, 0.05) is 10.7 Å². The molecular weight excluding hydrogens is 340 g/mol. The number of aromatic amines is 1. The molecule has 0 aliphatic rings. The zero-order valence-corrected chi connectivity index (χ0v) is 12.4. The van der Waals surface area contributed by atoms with Crippen molar-refractivity contribution in [3.8, 4) is 6.07 Å². The number of nitriles is 1. The number of carbonyl (C=O) groups excluding carboxylic acids is 1. The van der Waals surface area contributed by atoms with E-state index in [1.807, 2.05) is 6.07 Å². The Kier molecular flexibility index (Phi) is 4.63. The predicted octanol–water partition coefficient (Wildman–Crippen LogP) is 1.73. The van der Waals surface area contributed by atoms with E-state index < -0.39 is 5.97 Å². The predicted molar refractivity (Wildman–Crippen MR) is 76.9 cm³/mol. The number of allylic oxidation sites excluding steroid dienone is 1. The standard InChI is InChI=1S/C12H9BrN6O2/c1-21-12(20)7-2-3-10(9(13)4-7)15-6-8(5-14)11-16-18-19-17-11/h2-4,6,15H,1H3,(H,16,17,18,19). The van der Waals surface area contributed by atoms with E-state index in [4.69, 9.17) is 5.26 Å². The van der Waals surface area contributed by atoms with Gasteiger partial charge in [-0.2, -0.15) is 10.5 Å². The molecule has 1 heterocycles. The SMILES string of the molecule is COC(=O)c1ccc(NC=C(C#N)c2nn[nH]n2)c(Br)c1. The topological polar surface area (TPSA) is 117 Å². The van der Waals surface area contributed by atoms with Gasteiger partial charge in [-0.3, -0.25) is 0 Å². The lowest BCUT2D eigenvalue weighted by molar-refractivity contribution is 0.0600. The van der Waals surface area contributed by atoms with Crippen LogP contribution in [0.15, 0.2) is 28.9 Å². The lowest BCUT2D eigenvalue weighted by atomic mass is 10.2. The van der Waals surface area contributed by atoms with Crippen molar-refractivity contribution in [2.75, 3.05) is 12.4 Å². The molecule has 0 saturated heterocycles. The van der Waals surface area contributed by atoms with Crippen molar-refractivity contribution in [3.05, 3.63) is 40.3 Å². The smallest absolute Gasteiger partial charge is 0.337 e. The van der Waals surface area contributed by atoms with Crippen LogP contribution in [0.4, 0.5) is 5.69 Å². The fraction of sp³-hybridized carbons (Fsp3) is 0.0833. The number of benzene rings is 1. The van der Waals surface area contributed by atoms with Gasteiger partial charge in [0.1, 0.15) is 11.6 Å². The Balaban J connectivity index is 2.21. The Hall–Kier alpha value is -2.73. The van der Waals surface area contributed by atoms with Crippen LogP contribution in [0.25, 0.3) is 5.57 Å². The number of nitrogens with one attached hydrogen (secondary N) is 2. The zero-order chi connectivity index (χ0) is 15.2. The summed E-state index contributed by atoms with van der Waals surface area (Å²) in [6.45, 7) is 0. The van der Waals surface area contributed by atoms with Crippen LogP contribution in [-0.2, 0) is 4.74 Å². The molecule has 2 N–H and O–H groups in total. The van der Waals surface area contributed by atoms with E-state index in [9.17, 15) is 4.79 Å². The molecule has 2 aromatic rings. The first-order valence-corrected chi connectivity index (χ1v) is 6.43. The highest BCUT2D eigenvalue weighted by atomic mass is 79.9. The van der Waals surface area contributed by atoms with Crippen LogP contribution in [0.5, 0.6) is 0 Å². The molecule has 0 bridgehead atoms. The van der Waals surface area contributed by atoms with Crippen LogP contribution in [0.3, 0.4) is 0 Å². The first-order chi connectivity index (χ1) is 10.2. The number of nitrogens with zero attached hydrogens (tertiary/aromatic N) is 4. The van der Waals surface area contributed by atoms with Crippen molar-refractivity contribution < 1.29 is 9.53 Å². The van der Waals surface area contributed by atoms with Crippen LogP contribution in [-0.4, -0.2) is 33.7 Å². The number of halogens is 1. The minimum atomic E-state index is -0.428. The molecule has 0 amide bonds. The number of esters is 1. The van der Waals surface area contributed by atoms with E-state index in [1.54, 1.807) is 18.2 Å². The first kappa shape index (κ1) is 14.7. The third-order valence-corrected chi connectivity index (χ3v) is 3.12. The summed E-state index contributed by atoms with van der Waals surface area (Å²) in [5.41, 5.74) is 1.30. The van der Waals surface area contributed by atoms with Crippen LogP contribution >= 0.6 is 15.9 Å². The second kappa shape index (κ2) is 6.62. The molecule has 21 heavy (non-hydrogen) atoms. The Labute approximate surface area is 127 Å². The fourth-order valence-corrected chi connectivity index (χ4v) is 1.94. The number of tetrazole rings is 1. The number of methoxy groups -OCH3 is 1. The summed E-state index contributed by atoms with van der Waals surface area (Å²) in [6, 6.07) is 6.85. The average molecular weight is 349 g/mol. The summed E-state index contributed by atoms with van der Waals surface area (Å²) < 4.78 is 5.28. The quantitative estimate of drug-likeness (QED) is 0.638. The second-order valence-corrected chi connectivity index (χ2v) is 4.59. The number of hydrogen-bond donors (Lipinski definition) is 2.